The molecule has 0 radical (unpaired) electrons. The molecular formula is C15H23FIN3O2S. The van der Waals surface area contributed by atoms with E-state index in [2.05, 4.69) is 20.4 Å². The Morgan fingerprint density at radius 3 is 2.52 bits per heavy atom. The molecule has 23 heavy (non-hydrogen) atoms. The van der Waals surface area contributed by atoms with Gasteiger partial charge in [-0.2, -0.15) is 0 Å². The number of methoxy groups -OCH3 is 1. The van der Waals surface area contributed by atoms with E-state index in [0.717, 1.165) is 23.6 Å². The molecule has 5 nitrogen and oxygen atoms in total. The highest BCUT2D eigenvalue weighted by Crippen LogP contribution is 2.18. The summed E-state index contributed by atoms with van der Waals surface area (Å²) < 4.78 is 17.3. The average Bonchev–Trinajstić information content (AvgIpc) is 2.54. The molecule has 8 heteroatoms. The Bertz CT molecular complexity index is 486. The topological polar surface area (TPSA) is 62.7 Å². The van der Waals surface area contributed by atoms with Crippen molar-refractivity contribution in [3.63, 3.8) is 0 Å². The molecule has 0 fully saturated rings. The average molecular weight is 455 g/mol. The molecule has 0 aliphatic heterocycles. The largest absolute Gasteiger partial charge is 0.469 e. The van der Waals surface area contributed by atoms with Crippen LogP contribution in [0.1, 0.15) is 12.8 Å². The van der Waals surface area contributed by atoms with E-state index in [4.69, 9.17) is 0 Å². The smallest absolute Gasteiger partial charge is 0.307 e. The van der Waals surface area contributed by atoms with Crippen LogP contribution in [0.25, 0.3) is 0 Å². The second kappa shape index (κ2) is 13.4. The van der Waals surface area contributed by atoms with Crippen LogP contribution in [0.3, 0.4) is 0 Å². The van der Waals surface area contributed by atoms with Gasteiger partial charge in [-0.05, 0) is 36.4 Å². The number of hydrogen-bond donors (Lipinski definition) is 2. The van der Waals surface area contributed by atoms with Crippen molar-refractivity contribution in [3.05, 3.63) is 30.1 Å². The molecule has 0 aliphatic carbocycles. The van der Waals surface area contributed by atoms with Gasteiger partial charge in [-0.1, -0.05) is 0 Å². The maximum absolute atomic E-state index is 12.8. The lowest BCUT2D eigenvalue weighted by molar-refractivity contribution is -0.140. The van der Waals surface area contributed by atoms with Gasteiger partial charge in [0.1, 0.15) is 5.82 Å². The fraction of sp³-hybridized carbons (Fsp3) is 0.467. The van der Waals surface area contributed by atoms with E-state index >= 15 is 0 Å². The van der Waals surface area contributed by atoms with Crippen LogP contribution >= 0.6 is 35.7 Å². The highest BCUT2D eigenvalue weighted by Gasteiger charge is 2.01. The van der Waals surface area contributed by atoms with Gasteiger partial charge < -0.3 is 15.4 Å². The van der Waals surface area contributed by atoms with Crippen molar-refractivity contribution in [1.82, 2.24) is 10.6 Å². The minimum Gasteiger partial charge on any atom is -0.469 e. The van der Waals surface area contributed by atoms with Crippen molar-refractivity contribution in [3.8, 4) is 0 Å². The number of halogens is 2. The van der Waals surface area contributed by atoms with Gasteiger partial charge in [-0.3, -0.25) is 9.79 Å². The zero-order valence-electron chi connectivity index (χ0n) is 13.3. The second-order valence-corrected chi connectivity index (χ2v) is 5.58. The summed E-state index contributed by atoms with van der Waals surface area (Å²) in [6, 6.07) is 6.49. The van der Waals surface area contributed by atoms with Crippen molar-refractivity contribution in [2.24, 2.45) is 4.99 Å². The number of thioether (sulfide) groups is 1. The summed E-state index contributed by atoms with van der Waals surface area (Å²) in [7, 11) is 3.05. The van der Waals surface area contributed by atoms with E-state index in [1.807, 2.05) is 0 Å². The van der Waals surface area contributed by atoms with Crippen molar-refractivity contribution in [2.45, 2.75) is 17.7 Å². The third-order valence-electron chi connectivity index (χ3n) is 2.77. The minimum absolute atomic E-state index is 0. The summed E-state index contributed by atoms with van der Waals surface area (Å²) in [6.07, 6.45) is 1.25. The molecule has 130 valence electrons. The molecule has 0 aromatic heterocycles. The maximum atomic E-state index is 12.8. The predicted molar refractivity (Wildman–Crippen MR) is 103 cm³/mol. The SMILES string of the molecule is CN=C(NCCCSc1ccc(F)cc1)NCCC(=O)OC.I. The number of esters is 1. The fourth-order valence-electron chi connectivity index (χ4n) is 1.61. The van der Waals surface area contributed by atoms with Crippen LogP contribution in [0.5, 0.6) is 0 Å². The van der Waals surface area contributed by atoms with E-state index in [1.165, 1.54) is 19.2 Å². The van der Waals surface area contributed by atoms with Gasteiger partial charge in [0.05, 0.1) is 13.5 Å². The van der Waals surface area contributed by atoms with E-state index in [1.54, 1.807) is 30.9 Å². The second-order valence-electron chi connectivity index (χ2n) is 4.41. The Labute approximate surface area is 157 Å². The van der Waals surface area contributed by atoms with E-state index in [0.29, 0.717) is 18.9 Å². The third kappa shape index (κ3) is 10.4. The van der Waals surface area contributed by atoms with Gasteiger partial charge in [-0.15, -0.1) is 35.7 Å². The van der Waals surface area contributed by atoms with Gasteiger partial charge in [0, 0.05) is 25.0 Å². The lowest BCUT2D eigenvalue weighted by Gasteiger charge is -2.11. The number of ether oxygens (including phenoxy) is 1. The number of carbonyl (C=O) groups is 1. The summed E-state index contributed by atoms with van der Waals surface area (Å²) in [4.78, 5) is 16.1. The highest BCUT2D eigenvalue weighted by molar-refractivity contribution is 14.0. The number of nitrogens with one attached hydrogen (secondary N) is 2. The van der Waals surface area contributed by atoms with E-state index in [-0.39, 0.29) is 35.8 Å². The number of rotatable bonds is 8. The Kier molecular flexibility index (Phi) is 12.8. The number of aliphatic imine (C=N–C) groups is 1. The molecule has 1 rings (SSSR count). The van der Waals surface area contributed by atoms with Gasteiger partial charge >= 0.3 is 5.97 Å². The number of guanidine groups is 1. The molecule has 0 saturated heterocycles. The van der Waals surface area contributed by atoms with E-state index < -0.39 is 0 Å². The Morgan fingerprint density at radius 2 is 1.91 bits per heavy atom. The molecule has 1 aromatic rings. The Hall–Kier alpha value is -1.03. The van der Waals surface area contributed by atoms with Crippen LogP contribution in [0.4, 0.5) is 4.39 Å². The van der Waals surface area contributed by atoms with Crippen molar-refractivity contribution < 1.29 is 13.9 Å². The van der Waals surface area contributed by atoms with Crippen LogP contribution < -0.4 is 10.6 Å². The lowest BCUT2D eigenvalue weighted by atomic mass is 10.4. The highest BCUT2D eigenvalue weighted by atomic mass is 127. The van der Waals surface area contributed by atoms with E-state index in [9.17, 15) is 9.18 Å². The summed E-state index contributed by atoms with van der Waals surface area (Å²) in [5.41, 5.74) is 0. The molecule has 0 saturated carbocycles. The quantitative estimate of drug-likeness (QED) is 0.158. The molecular weight excluding hydrogens is 432 g/mol. The van der Waals surface area contributed by atoms with Crippen LogP contribution in [-0.2, 0) is 9.53 Å². The zero-order valence-corrected chi connectivity index (χ0v) is 16.4. The first kappa shape index (κ1) is 22.0. The predicted octanol–water partition coefficient (Wildman–Crippen LogP) is 2.65. The molecule has 2 N–H and O–H groups in total. The number of benzene rings is 1. The summed E-state index contributed by atoms with van der Waals surface area (Å²) in [5.74, 6) is 1.12. The number of carbonyl (C=O) groups excluding carboxylic acids is 1. The fourth-order valence-corrected chi connectivity index (χ4v) is 2.46. The molecule has 0 aliphatic rings. The maximum Gasteiger partial charge on any atom is 0.307 e. The van der Waals surface area contributed by atoms with Crippen molar-refractivity contribution in [1.29, 1.82) is 0 Å². The molecule has 0 atom stereocenters. The third-order valence-corrected chi connectivity index (χ3v) is 3.87. The standard InChI is InChI=1S/C15H22FN3O2S.HI/c1-17-15(19-10-8-14(20)21-2)18-9-3-11-22-13-6-4-12(16)5-7-13;/h4-7H,3,8-11H2,1-2H3,(H2,17,18,19);1H. The first-order valence-electron chi connectivity index (χ1n) is 7.05. The number of hydrogen-bond acceptors (Lipinski definition) is 4. The van der Waals surface area contributed by atoms with Gasteiger partial charge in [0.25, 0.3) is 0 Å². The monoisotopic (exact) mass is 455 g/mol. The summed E-state index contributed by atoms with van der Waals surface area (Å²) in [6.45, 7) is 1.25. The number of nitrogens with zero attached hydrogens (tertiary/aromatic N) is 1. The summed E-state index contributed by atoms with van der Waals surface area (Å²) in [5, 5.41) is 6.21. The molecule has 1 aromatic carbocycles. The Morgan fingerprint density at radius 1 is 1.26 bits per heavy atom. The van der Waals surface area contributed by atoms with Crippen molar-refractivity contribution in [2.75, 3.05) is 33.0 Å². The first-order valence-corrected chi connectivity index (χ1v) is 8.04. The van der Waals surface area contributed by atoms with Gasteiger partial charge in [-0.25, -0.2) is 4.39 Å². The van der Waals surface area contributed by atoms with Gasteiger partial charge in [0.2, 0.25) is 0 Å². The van der Waals surface area contributed by atoms with Crippen LogP contribution in [0, 0.1) is 5.82 Å². The van der Waals surface area contributed by atoms with Crippen LogP contribution in [0.2, 0.25) is 0 Å². The normalized spacial score (nSPS) is 10.7. The molecule has 0 amide bonds. The molecule has 0 heterocycles. The van der Waals surface area contributed by atoms with Crippen molar-refractivity contribution >= 4 is 47.7 Å². The van der Waals surface area contributed by atoms with Gasteiger partial charge in [0.15, 0.2) is 5.96 Å². The zero-order chi connectivity index (χ0) is 16.2. The van der Waals surface area contributed by atoms with Crippen LogP contribution in [-0.4, -0.2) is 44.9 Å². The van der Waals surface area contributed by atoms with Crippen LogP contribution in [0.15, 0.2) is 34.2 Å². The first-order chi connectivity index (χ1) is 10.7. The molecule has 0 bridgehead atoms. The molecule has 0 spiro atoms. The lowest BCUT2D eigenvalue weighted by Crippen LogP contribution is -2.38. The minimum atomic E-state index is -0.251. The summed E-state index contributed by atoms with van der Waals surface area (Å²) >= 11 is 1.69. The Balaban J connectivity index is 0.00000484. The molecule has 0 unspecified atom stereocenters.